The predicted molar refractivity (Wildman–Crippen MR) is 104 cm³/mol. The van der Waals surface area contributed by atoms with Crippen molar-refractivity contribution < 1.29 is 19.0 Å². The van der Waals surface area contributed by atoms with Crippen molar-refractivity contribution in [1.82, 2.24) is 0 Å². The first-order valence-corrected chi connectivity index (χ1v) is 10.9. The number of aromatic carboxylic acids is 1. The molecule has 0 spiro atoms. The number of benzene rings is 1. The SMILES string of the molecule is CCOP(=O)(Cc1cc(C(C)(C)C)sc1C(=O)O)c1ccc(Cl)cc1. The zero-order chi connectivity index (χ0) is 18.8. The summed E-state index contributed by atoms with van der Waals surface area (Å²) in [6.45, 7) is 8.12. The Balaban J connectivity index is 2.49. The highest BCUT2D eigenvalue weighted by Crippen LogP contribution is 2.51. The van der Waals surface area contributed by atoms with Gasteiger partial charge in [-0.05, 0) is 48.2 Å². The fourth-order valence-electron chi connectivity index (χ4n) is 2.41. The first kappa shape index (κ1) is 20.2. The Bertz CT molecular complexity index is 805. The normalized spacial score (nSPS) is 14.3. The summed E-state index contributed by atoms with van der Waals surface area (Å²) >= 11 is 7.15. The molecule has 1 aromatic heterocycles. The van der Waals surface area contributed by atoms with E-state index in [9.17, 15) is 14.5 Å². The molecule has 1 unspecified atom stereocenters. The number of thiophene rings is 1. The van der Waals surface area contributed by atoms with Crippen molar-refractivity contribution in [2.24, 2.45) is 0 Å². The van der Waals surface area contributed by atoms with Gasteiger partial charge in [0.15, 0.2) is 0 Å². The minimum atomic E-state index is -3.23. The Morgan fingerprint density at radius 3 is 2.36 bits per heavy atom. The highest BCUT2D eigenvalue weighted by atomic mass is 35.5. The summed E-state index contributed by atoms with van der Waals surface area (Å²) in [4.78, 5) is 12.8. The molecule has 25 heavy (non-hydrogen) atoms. The summed E-state index contributed by atoms with van der Waals surface area (Å²) in [7, 11) is -3.23. The summed E-state index contributed by atoms with van der Waals surface area (Å²) in [5, 5.41) is 10.6. The van der Waals surface area contributed by atoms with Crippen LogP contribution in [0.25, 0.3) is 0 Å². The molecule has 0 amide bonds. The third-order valence-corrected chi connectivity index (χ3v) is 8.04. The van der Waals surface area contributed by atoms with E-state index in [-0.39, 0.29) is 23.1 Å². The molecule has 0 saturated carbocycles. The number of hydrogen-bond acceptors (Lipinski definition) is 4. The first-order valence-electron chi connectivity index (χ1n) is 7.93. The lowest BCUT2D eigenvalue weighted by atomic mass is 9.94. The van der Waals surface area contributed by atoms with Crippen LogP contribution in [-0.4, -0.2) is 17.7 Å². The molecule has 0 aliphatic rings. The van der Waals surface area contributed by atoms with Gasteiger partial charge in [-0.15, -0.1) is 11.3 Å². The van der Waals surface area contributed by atoms with Crippen LogP contribution in [0.1, 0.15) is 47.8 Å². The van der Waals surface area contributed by atoms with Gasteiger partial charge in [-0.3, -0.25) is 4.57 Å². The summed E-state index contributed by atoms with van der Waals surface area (Å²) in [5.74, 6) is -1.00. The van der Waals surface area contributed by atoms with Crippen molar-refractivity contribution in [1.29, 1.82) is 0 Å². The van der Waals surface area contributed by atoms with Crippen LogP contribution in [0.2, 0.25) is 5.02 Å². The molecule has 7 heteroatoms. The Morgan fingerprint density at radius 2 is 1.88 bits per heavy atom. The van der Waals surface area contributed by atoms with Crippen LogP contribution in [-0.2, 0) is 20.7 Å². The highest BCUT2D eigenvalue weighted by molar-refractivity contribution is 7.66. The molecule has 0 aliphatic heterocycles. The molecule has 0 saturated heterocycles. The molecule has 4 nitrogen and oxygen atoms in total. The second-order valence-corrected chi connectivity index (χ2v) is 10.7. The lowest BCUT2D eigenvalue weighted by Crippen LogP contribution is -2.11. The maximum Gasteiger partial charge on any atom is 0.346 e. The zero-order valence-corrected chi connectivity index (χ0v) is 17.2. The number of carboxylic acids is 1. The fourth-order valence-corrected chi connectivity index (χ4v) is 5.86. The van der Waals surface area contributed by atoms with E-state index in [2.05, 4.69) is 0 Å². The van der Waals surface area contributed by atoms with Gasteiger partial charge in [0.2, 0.25) is 7.37 Å². The quantitative estimate of drug-likeness (QED) is 0.647. The molecule has 2 aromatic rings. The maximum absolute atomic E-state index is 13.5. The summed E-state index contributed by atoms with van der Waals surface area (Å²) < 4.78 is 19.1. The van der Waals surface area contributed by atoms with E-state index < -0.39 is 13.3 Å². The van der Waals surface area contributed by atoms with E-state index in [0.29, 0.717) is 15.9 Å². The Morgan fingerprint density at radius 1 is 1.28 bits per heavy atom. The van der Waals surface area contributed by atoms with Crippen molar-refractivity contribution in [2.45, 2.75) is 39.3 Å². The zero-order valence-electron chi connectivity index (χ0n) is 14.7. The van der Waals surface area contributed by atoms with Gasteiger partial charge in [-0.1, -0.05) is 32.4 Å². The molecule has 0 fully saturated rings. The third kappa shape index (κ3) is 4.73. The second-order valence-electron chi connectivity index (χ2n) is 6.75. The summed E-state index contributed by atoms with van der Waals surface area (Å²) in [6.07, 6.45) is 0.0523. The van der Waals surface area contributed by atoms with Gasteiger partial charge in [0.1, 0.15) is 4.88 Å². The Hall–Kier alpha value is -1.13. The van der Waals surface area contributed by atoms with E-state index in [1.807, 2.05) is 26.8 Å². The van der Waals surface area contributed by atoms with E-state index in [0.717, 1.165) is 4.88 Å². The first-order chi connectivity index (χ1) is 11.6. The van der Waals surface area contributed by atoms with Crippen LogP contribution in [0, 0.1) is 0 Å². The van der Waals surface area contributed by atoms with E-state index in [1.165, 1.54) is 11.3 Å². The van der Waals surface area contributed by atoms with Gasteiger partial charge < -0.3 is 9.63 Å². The standard InChI is InChI=1S/C18H22ClO4PS/c1-5-23-24(22,14-8-6-13(19)7-9-14)11-12-10-15(18(2,3)4)25-16(12)17(20)21/h6-10H,5,11H2,1-4H3,(H,20,21). The lowest BCUT2D eigenvalue weighted by molar-refractivity contribution is 0.0701. The van der Waals surface area contributed by atoms with Gasteiger partial charge in [-0.2, -0.15) is 0 Å². The number of halogens is 1. The van der Waals surface area contributed by atoms with Crippen molar-refractivity contribution in [3.05, 3.63) is 50.7 Å². The monoisotopic (exact) mass is 400 g/mol. The molecule has 136 valence electrons. The number of carbonyl (C=O) groups is 1. The Labute approximate surface area is 157 Å². The van der Waals surface area contributed by atoms with Crippen LogP contribution in [0.15, 0.2) is 30.3 Å². The van der Waals surface area contributed by atoms with Crippen LogP contribution in [0.4, 0.5) is 0 Å². The van der Waals surface area contributed by atoms with E-state index in [1.54, 1.807) is 31.2 Å². The van der Waals surface area contributed by atoms with Crippen molar-refractivity contribution in [2.75, 3.05) is 6.61 Å². The van der Waals surface area contributed by atoms with Crippen molar-refractivity contribution >= 4 is 41.6 Å². The van der Waals surface area contributed by atoms with Crippen LogP contribution in [0.5, 0.6) is 0 Å². The molecule has 1 heterocycles. The Kier molecular flexibility index (Phi) is 6.16. The van der Waals surface area contributed by atoms with Crippen molar-refractivity contribution in [3.63, 3.8) is 0 Å². The molecule has 1 N–H and O–H groups in total. The largest absolute Gasteiger partial charge is 0.477 e. The second kappa shape index (κ2) is 7.63. The van der Waals surface area contributed by atoms with E-state index in [4.69, 9.17) is 16.1 Å². The molecule has 1 aromatic carbocycles. The molecular formula is C18H22ClO4PS. The number of rotatable bonds is 6. The molecular weight excluding hydrogens is 379 g/mol. The molecule has 0 bridgehead atoms. The fraction of sp³-hybridized carbons (Fsp3) is 0.389. The average Bonchev–Trinajstić information content (AvgIpc) is 2.92. The number of carboxylic acid groups (broad SMARTS) is 1. The smallest absolute Gasteiger partial charge is 0.346 e. The predicted octanol–water partition coefficient (Wildman–Crippen LogP) is 5.54. The molecule has 2 rings (SSSR count). The van der Waals surface area contributed by atoms with Gasteiger partial charge in [0.05, 0.1) is 12.8 Å². The minimum Gasteiger partial charge on any atom is -0.477 e. The van der Waals surface area contributed by atoms with Gasteiger partial charge >= 0.3 is 5.97 Å². The summed E-state index contributed by atoms with van der Waals surface area (Å²) in [6, 6.07) is 8.52. The molecule has 0 aliphatic carbocycles. The minimum absolute atomic E-state index is 0.0523. The third-order valence-electron chi connectivity index (χ3n) is 3.68. The number of hydrogen-bond donors (Lipinski definition) is 1. The molecule has 0 radical (unpaired) electrons. The van der Waals surface area contributed by atoms with Crippen LogP contribution >= 0.6 is 30.3 Å². The maximum atomic E-state index is 13.5. The van der Waals surface area contributed by atoms with Crippen LogP contribution < -0.4 is 5.30 Å². The molecule has 1 atom stereocenters. The van der Waals surface area contributed by atoms with Crippen molar-refractivity contribution in [3.8, 4) is 0 Å². The average molecular weight is 401 g/mol. The van der Waals surface area contributed by atoms with Gasteiger partial charge in [0.25, 0.3) is 0 Å². The topological polar surface area (TPSA) is 63.6 Å². The highest BCUT2D eigenvalue weighted by Gasteiger charge is 2.31. The van der Waals surface area contributed by atoms with Gasteiger partial charge in [0, 0.05) is 15.2 Å². The summed E-state index contributed by atoms with van der Waals surface area (Å²) in [5.41, 5.74) is 0.373. The van der Waals surface area contributed by atoms with Gasteiger partial charge in [-0.25, -0.2) is 4.79 Å². The lowest BCUT2D eigenvalue weighted by Gasteiger charge is -2.18. The van der Waals surface area contributed by atoms with E-state index >= 15 is 0 Å². The van der Waals surface area contributed by atoms with Crippen LogP contribution in [0.3, 0.4) is 0 Å².